The van der Waals surface area contributed by atoms with Crippen LogP contribution in [-0.2, 0) is 86.4 Å². The second kappa shape index (κ2) is 19.2. The highest BCUT2D eigenvalue weighted by molar-refractivity contribution is 7.46. The Bertz CT molecular complexity index is 2440. The molecule has 0 aliphatic carbocycles. The first-order valence-corrected chi connectivity index (χ1v) is 26.8. The van der Waals surface area contributed by atoms with Crippen molar-refractivity contribution in [1.82, 2.24) is 0 Å². The molecule has 0 saturated carbocycles. The van der Waals surface area contributed by atoms with Crippen LogP contribution in [0.4, 0.5) is 0 Å². The second-order valence-corrected chi connectivity index (χ2v) is 29.4. The lowest BCUT2D eigenvalue weighted by Crippen LogP contribution is -2.27. The van der Waals surface area contributed by atoms with Gasteiger partial charge in [0, 0.05) is 5.56 Å². The van der Waals surface area contributed by atoms with Gasteiger partial charge in [-0.25, -0.2) is 4.57 Å². The molecule has 0 bridgehead atoms. The third-order valence-corrected chi connectivity index (χ3v) is 14.2. The largest absolute Gasteiger partial charge is 0.524 e. The quantitative estimate of drug-likeness (QED) is 0.147. The number of phosphoric ester groups is 1. The lowest BCUT2D eigenvalue weighted by atomic mass is 9.69. The van der Waals surface area contributed by atoms with Crippen LogP contribution in [0, 0.1) is 0 Å². The van der Waals surface area contributed by atoms with Gasteiger partial charge in [-0.05, 0) is 154 Å². The van der Waals surface area contributed by atoms with Crippen LogP contribution in [-0.4, -0.2) is 9.79 Å². The molecule has 0 spiro atoms. The fraction of sp³-hybridized carbons (Fsp3) is 0.613. The Kier molecular flexibility index (Phi) is 16.2. The molecule has 4 aromatic rings. The molecule has 0 aliphatic rings. The van der Waals surface area contributed by atoms with Crippen LogP contribution in [0.2, 0.25) is 0 Å². The minimum atomic E-state index is -5.02. The number of benzene rings is 4. The Labute approximate surface area is 411 Å². The minimum absolute atomic E-state index is 0.00552. The van der Waals surface area contributed by atoms with Crippen LogP contribution in [0.1, 0.15) is 244 Å². The van der Waals surface area contributed by atoms with E-state index in [1.807, 2.05) is 0 Å². The van der Waals surface area contributed by atoms with Gasteiger partial charge in [0.25, 0.3) is 0 Å². The average molecular weight is 935 g/mol. The summed E-state index contributed by atoms with van der Waals surface area (Å²) in [5, 5.41) is 0. The Morgan fingerprint density at radius 3 is 0.896 bits per heavy atom. The summed E-state index contributed by atoms with van der Waals surface area (Å²) in [6, 6.07) is 21.1. The van der Waals surface area contributed by atoms with Gasteiger partial charge in [-0.1, -0.05) is 221 Å². The fourth-order valence-electron chi connectivity index (χ4n) is 10.2. The molecule has 4 aromatic carbocycles. The van der Waals surface area contributed by atoms with Gasteiger partial charge in [-0.15, -0.1) is 0 Å². The van der Waals surface area contributed by atoms with Gasteiger partial charge >= 0.3 is 7.82 Å². The molecule has 0 amide bonds. The zero-order chi connectivity index (χ0) is 51.5. The second-order valence-electron chi connectivity index (χ2n) is 28.2. The molecule has 5 heteroatoms. The summed E-state index contributed by atoms with van der Waals surface area (Å²) in [6.45, 7) is 54.7. The molecular weight excluding hydrogens is 840 g/mol. The van der Waals surface area contributed by atoms with E-state index in [4.69, 9.17) is 4.52 Å². The zero-order valence-corrected chi connectivity index (χ0v) is 48.0. The van der Waals surface area contributed by atoms with Crippen molar-refractivity contribution >= 4 is 7.82 Å². The van der Waals surface area contributed by atoms with Crippen LogP contribution in [0.15, 0.2) is 54.6 Å². The lowest BCUT2D eigenvalue weighted by molar-refractivity contribution is 0.279. The van der Waals surface area contributed by atoms with Gasteiger partial charge in [0.15, 0.2) is 0 Å². The summed E-state index contributed by atoms with van der Waals surface area (Å²) in [4.78, 5) is 22.0. The van der Waals surface area contributed by atoms with Crippen molar-refractivity contribution in [1.29, 1.82) is 0 Å². The Hall–Kier alpha value is -3.17. The SMILES string of the molecule is CC(C)(C)c1ccc(CCc2c(CCc3ccc(C(C)(C)C)cc3C(C)(C)C)c(C(C)(C)C)c(CCc3ccc(C(C)(C)C)cc3C(C)(C)C)c(C(C)(C)C)c2OP(=O)(O)O)c(C(C)(C)C)c1. The minimum Gasteiger partial charge on any atom is -0.404 e. The molecular formula is C62H95O4P. The molecule has 4 rings (SSSR count). The molecule has 0 aromatic heterocycles. The van der Waals surface area contributed by atoms with Crippen molar-refractivity contribution in [3.8, 4) is 5.75 Å². The maximum atomic E-state index is 13.5. The predicted molar refractivity (Wildman–Crippen MR) is 290 cm³/mol. The first-order valence-electron chi connectivity index (χ1n) is 25.3. The predicted octanol–water partition coefficient (Wildman–Crippen LogP) is 16.9. The van der Waals surface area contributed by atoms with Gasteiger partial charge in [0.05, 0.1) is 0 Å². The van der Waals surface area contributed by atoms with Crippen molar-refractivity contribution in [3.63, 3.8) is 0 Å². The van der Waals surface area contributed by atoms with E-state index in [0.717, 1.165) is 29.5 Å². The highest BCUT2D eigenvalue weighted by Gasteiger charge is 2.38. The Morgan fingerprint density at radius 2 is 0.642 bits per heavy atom. The summed E-state index contributed by atoms with van der Waals surface area (Å²) in [7, 11) is -5.02. The van der Waals surface area contributed by atoms with Gasteiger partial charge < -0.3 is 4.52 Å². The molecule has 0 saturated heterocycles. The van der Waals surface area contributed by atoms with Crippen LogP contribution in [0.5, 0.6) is 5.75 Å². The number of hydrogen-bond donors (Lipinski definition) is 2. The molecule has 67 heavy (non-hydrogen) atoms. The summed E-state index contributed by atoms with van der Waals surface area (Å²) >= 11 is 0. The van der Waals surface area contributed by atoms with Crippen molar-refractivity contribution in [2.45, 2.75) is 248 Å². The average Bonchev–Trinajstić information content (AvgIpc) is 3.11. The van der Waals surface area contributed by atoms with Crippen molar-refractivity contribution in [2.24, 2.45) is 0 Å². The summed E-state index contributed by atoms with van der Waals surface area (Å²) in [5.74, 6) is 0.376. The maximum absolute atomic E-state index is 13.5. The van der Waals surface area contributed by atoms with E-state index in [9.17, 15) is 14.4 Å². The van der Waals surface area contributed by atoms with Crippen LogP contribution < -0.4 is 4.52 Å². The molecule has 0 radical (unpaired) electrons. The molecule has 2 N–H and O–H groups in total. The van der Waals surface area contributed by atoms with Crippen LogP contribution >= 0.6 is 7.82 Å². The summed E-state index contributed by atoms with van der Waals surface area (Å²) in [6.07, 6.45) is 4.26. The summed E-state index contributed by atoms with van der Waals surface area (Å²) in [5.41, 5.74) is 16.2. The number of hydrogen-bond acceptors (Lipinski definition) is 2. The third-order valence-electron chi connectivity index (χ3n) is 13.8. The third kappa shape index (κ3) is 14.2. The molecule has 0 fully saturated rings. The van der Waals surface area contributed by atoms with Crippen molar-refractivity contribution in [2.75, 3.05) is 0 Å². The van der Waals surface area contributed by atoms with Gasteiger partial charge in [0.2, 0.25) is 0 Å². The van der Waals surface area contributed by atoms with Crippen molar-refractivity contribution < 1.29 is 18.9 Å². The van der Waals surface area contributed by atoms with Gasteiger partial charge in [0.1, 0.15) is 5.75 Å². The Balaban J connectivity index is 2.18. The fourth-order valence-corrected chi connectivity index (χ4v) is 10.7. The first-order chi connectivity index (χ1) is 29.9. The molecule has 0 heterocycles. The van der Waals surface area contributed by atoms with E-state index in [1.54, 1.807) is 0 Å². The standard InChI is InChI=1S/C62H95O4P/c1-55(2,3)43-31-25-40(49(37-43)58(10,11)12)28-34-46-47(35-29-41-26-32-44(56(4,5)6)38-50(41)59(13,14)15)54(66-67(63,64)65)53(62(22,23)24)48(52(46)61(19,20)21)36-30-42-27-33-45(57(7,8)9)39-51(42)60(16,17)18/h25-27,31-33,37-39H,28-30,34-36H2,1-24H3,(H2,63,64,65). The van der Waals surface area contributed by atoms with Gasteiger partial charge in [-0.3, -0.25) is 9.79 Å². The topological polar surface area (TPSA) is 66.8 Å². The van der Waals surface area contributed by atoms with E-state index in [0.29, 0.717) is 31.4 Å². The lowest BCUT2D eigenvalue weighted by Gasteiger charge is -2.37. The van der Waals surface area contributed by atoms with Crippen LogP contribution in [0.25, 0.3) is 0 Å². The highest BCUT2D eigenvalue weighted by Crippen LogP contribution is 2.51. The smallest absolute Gasteiger partial charge is 0.404 e. The first kappa shape index (κ1) is 56.4. The molecule has 0 unspecified atom stereocenters. The zero-order valence-electron chi connectivity index (χ0n) is 47.1. The van der Waals surface area contributed by atoms with Gasteiger partial charge in [-0.2, -0.15) is 0 Å². The number of phosphoric acid groups is 1. The highest BCUT2D eigenvalue weighted by atomic mass is 31.2. The normalized spacial score (nSPS) is 13.9. The molecule has 0 aliphatic heterocycles. The Morgan fingerprint density at radius 1 is 0.358 bits per heavy atom. The van der Waals surface area contributed by atoms with E-state index < -0.39 is 13.2 Å². The van der Waals surface area contributed by atoms with E-state index in [-0.39, 0.29) is 37.9 Å². The molecule has 0 atom stereocenters. The van der Waals surface area contributed by atoms with E-state index in [1.165, 1.54) is 61.2 Å². The summed E-state index contributed by atoms with van der Waals surface area (Å²) < 4.78 is 19.7. The van der Waals surface area contributed by atoms with Crippen molar-refractivity contribution in [3.05, 3.63) is 132 Å². The molecule has 372 valence electrons. The number of rotatable bonds is 11. The molecule has 4 nitrogen and oxygen atoms in total. The maximum Gasteiger partial charge on any atom is 0.524 e. The van der Waals surface area contributed by atoms with Crippen LogP contribution in [0.3, 0.4) is 0 Å². The monoisotopic (exact) mass is 935 g/mol. The number of aryl methyl sites for hydroxylation is 3. The van der Waals surface area contributed by atoms with E-state index >= 15 is 0 Å². The van der Waals surface area contributed by atoms with E-state index in [2.05, 4.69) is 221 Å².